The van der Waals surface area contributed by atoms with Gasteiger partial charge in [0.25, 0.3) is 0 Å². The van der Waals surface area contributed by atoms with Crippen molar-refractivity contribution in [2.45, 2.75) is 63.8 Å². The molecule has 0 spiro atoms. The first-order chi connectivity index (χ1) is 7.54. The van der Waals surface area contributed by atoms with Crippen LogP contribution in [0.15, 0.2) is 0 Å². The third-order valence-corrected chi connectivity index (χ3v) is 4.43. The van der Waals surface area contributed by atoms with E-state index in [4.69, 9.17) is 5.73 Å². The molecule has 0 radical (unpaired) electrons. The average Bonchev–Trinajstić information content (AvgIpc) is 2.86. The van der Waals surface area contributed by atoms with E-state index in [0.717, 1.165) is 32.2 Å². The Balaban J connectivity index is 1.83. The lowest BCUT2D eigenvalue weighted by Gasteiger charge is -2.28. The van der Waals surface area contributed by atoms with Crippen LogP contribution in [0.1, 0.15) is 58.3 Å². The maximum Gasteiger partial charge on any atom is 0.240 e. The van der Waals surface area contributed by atoms with E-state index in [1.165, 1.54) is 25.7 Å². The summed E-state index contributed by atoms with van der Waals surface area (Å²) in [7, 11) is 0. The molecular formula is C13H24N2O. The van der Waals surface area contributed by atoms with Gasteiger partial charge in [-0.15, -0.1) is 0 Å². The number of rotatable bonds is 3. The van der Waals surface area contributed by atoms with Gasteiger partial charge in [0.15, 0.2) is 0 Å². The predicted octanol–water partition coefficient (Wildman–Crippen LogP) is 1.95. The molecule has 2 fully saturated rings. The van der Waals surface area contributed by atoms with Crippen molar-refractivity contribution in [3.05, 3.63) is 0 Å². The Morgan fingerprint density at radius 3 is 2.19 bits per heavy atom. The normalized spacial score (nSPS) is 26.9. The van der Waals surface area contributed by atoms with Gasteiger partial charge in [0, 0.05) is 6.54 Å². The van der Waals surface area contributed by atoms with Gasteiger partial charge in [0.1, 0.15) is 0 Å². The molecule has 0 aromatic heterocycles. The van der Waals surface area contributed by atoms with E-state index in [9.17, 15) is 4.79 Å². The third-order valence-electron chi connectivity index (χ3n) is 4.43. The Morgan fingerprint density at radius 1 is 1.12 bits per heavy atom. The van der Waals surface area contributed by atoms with E-state index < -0.39 is 5.54 Å². The number of hydrogen-bond donors (Lipinski definition) is 2. The Bertz CT molecular complexity index is 263. The van der Waals surface area contributed by atoms with E-state index >= 15 is 0 Å². The quantitative estimate of drug-likeness (QED) is 0.770. The molecular weight excluding hydrogens is 200 g/mol. The molecule has 0 bridgehead atoms. The zero-order chi connectivity index (χ0) is 11.6. The van der Waals surface area contributed by atoms with Crippen molar-refractivity contribution in [1.82, 2.24) is 5.32 Å². The zero-order valence-electron chi connectivity index (χ0n) is 10.3. The minimum Gasteiger partial charge on any atom is -0.354 e. The van der Waals surface area contributed by atoms with Crippen LogP contribution in [-0.2, 0) is 4.79 Å². The highest BCUT2D eigenvalue weighted by atomic mass is 16.2. The molecule has 3 N–H and O–H groups in total. The summed E-state index contributed by atoms with van der Waals surface area (Å²) in [5, 5.41) is 3.08. The second-order valence-corrected chi connectivity index (χ2v) is 6.06. The second-order valence-electron chi connectivity index (χ2n) is 6.06. The maximum atomic E-state index is 12.0. The van der Waals surface area contributed by atoms with Crippen LogP contribution in [0.5, 0.6) is 0 Å². The molecule has 2 rings (SSSR count). The topological polar surface area (TPSA) is 55.1 Å². The number of nitrogens with one attached hydrogen (secondary N) is 1. The molecule has 92 valence electrons. The van der Waals surface area contributed by atoms with Crippen LogP contribution in [0.4, 0.5) is 0 Å². The van der Waals surface area contributed by atoms with Crippen LogP contribution in [-0.4, -0.2) is 18.0 Å². The van der Waals surface area contributed by atoms with Gasteiger partial charge in [-0.1, -0.05) is 32.6 Å². The van der Waals surface area contributed by atoms with Crippen molar-refractivity contribution < 1.29 is 4.79 Å². The molecule has 2 aliphatic carbocycles. The van der Waals surface area contributed by atoms with E-state index in [2.05, 4.69) is 12.2 Å². The highest BCUT2D eigenvalue weighted by molar-refractivity contribution is 5.86. The highest BCUT2D eigenvalue weighted by Crippen LogP contribution is 2.37. The number of amides is 1. The fraction of sp³-hybridized carbons (Fsp3) is 0.923. The molecule has 3 heteroatoms. The maximum absolute atomic E-state index is 12.0. The SMILES string of the molecule is CC1(CNC(=O)C2(N)CCCC2)CCCC1. The first-order valence-electron chi connectivity index (χ1n) is 6.61. The monoisotopic (exact) mass is 224 g/mol. The molecule has 0 saturated heterocycles. The van der Waals surface area contributed by atoms with Gasteiger partial charge in [-0.05, 0) is 31.1 Å². The van der Waals surface area contributed by atoms with Crippen LogP contribution >= 0.6 is 0 Å². The lowest BCUT2D eigenvalue weighted by Crippen LogP contribution is -2.53. The van der Waals surface area contributed by atoms with Crippen LogP contribution in [0.2, 0.25) is 0 Å². The van der Waals surface area contributed by atoms with E-state index in [0.29, 0.717) is 5.41 Å². The number of carbonyl (C=O) groups is 1. The molecule has 1 amide bonds. The van der Waals surface area contributed by atoms with Crippen molar-refractivity contribution in [2.24, 2.45) is 11.1 Å². The van der Waals surface area contributed by atoms with Crippen molar-refractivity contribution in [3.63, 3.8) is 0 Å². The minimum atomic E-state index is -0.561. The minimum absolute atomic E-state index is 0.0816. The summed E-state index contributed by atoms with van der Waals surface area (Å²) in [4.78, 5) is 12.0. The summed E-state index contributed by atoms with van der Waals surface area (Å²) >= 11 is 0. The molecule has 16 heavy (non-hydrogen) atoms. The van der Waals surface area contributed by atoms with Crippen LogP contribution in [0.25, 0.3) is 0 Å². The van der Waals surface area contributed by atoms with Crippen molar-refractivity contribution in [1.29, 1.82) is 0 Å². The molecule has 0 atom stereocenters. The fourth-order valence-electron chi connectivity index (χ4n) is 3.11. The van der Waals surface area contributed by atoms with Gasteiger partial charge in [-0.25, -0.2) is 0 Å². The number of carbonyl (C=O) groups excluding carboxylic acids is 1. The summed E-state index contributed by atoms with van der Waals surface area (Å²) in [6, 6.07) is 0. The van der Waals surface area contributed by atoms with E-state index in [1.54, 1.807) is 0 Å². The van der Waals surface area contributed by atoms with Crippen molar-refractivity contribution >= 4 is 5.91 Å². The largest absolute Gasteiger partial charge is 0.354 e. The average molecular weight is 224 g/mol. The predicted molar refractivity (Wildman–Crippen MR) is 65.0 cm³/mol. The van der Waals surface area contributed by atoms with Crippen LogP contribution in [0, 0.1) is 5.41 Å². The molecule has 0 aromatic carbocycles. The molecule has 3 nitrogen and oxygen atoms in total. The molecule has 0 unspecified atom stereocenters. The van der Waals surface area contributed by atoms with Crippen LogP contribution < -0.4 is 11.1 Å². The molecule has 0 aromatic rings. The first-order valence-corrected chi connectivity index (χ1v) is 6.61. The smallest absolute Gasteiger partial charge is 0.240 e. The van der Waals surface area contributed by atoms with Crippen molar-refractivity contribution in [2.75, 3.05) is 6.54 Å². The van der Waals surface area contributed by atoms with Gasteiger partial charge in [-0.2, -0.15) is 0 Å². The third kappa shape index (κ3) is 2.40. The first kappa shape index (κ1) is 11.9. The summed E-state index contributed by atoms with van der Waals surface area (Å²) < 4.78 is 0. The number of nitrogens with two attached hydrogens (primary N) is 1. The lowest BCUT2D eigenvalue weighted by molar-refractivity contribution is -0.126. The van der Waals surface area contributed by atoms with Gasteiger partial charge in [-0.3, -0.25) is 4.79 Å². The van der Waals surface area contributed by atoms with E-state index in [-0.39, 0.29) is 5.91 Å². The van der Waals surface area contributed by atoms with Crippen LogP contribution in [0.3, 0.4) is 0 Å². The Labute approximate surface area is 98.2 Å². The second kappa shape index (κ2) is 4.36. The molecule has 0 heterocycles. The Morgan fingerprint density at radius 2 is 1.62 bits per heavy atom. The van der Waals surface area contributed by atoms with Gasteiger partial charge in [0.2, 0.25) is 5.91 Å². The fourth-order valence-corrected chi connectivity index (χ4v) is 3.11. The molecule has 2 saturated carbocycles. The molecule has 2 aliphatic rings. The molecule has 0 aliphatic heterocycles. The standard InChI is InChI=1S/C13H24N2O/c1-12(6-2-3-7-12)10-15-11(16)13(14)8-4-5-9-13/h2-10,14H2,1H3,(H,15,16). The number of hydrogen-bond acceptors (Lipinski definition) is 2. The highest BCUT2D eigenvalue weighted by Gasteiger charge is 2.38. The summed E-state index contributed by atoms with van der Waals surface area (Å²) in [5.41, 5.74) is 5.88. The summed E-state index contributed by atoms with van der Waals surface area (Å²) in [6.07, 6.45) is 9.00. The van der Waals surface area contributed by atoms with Gasteiger partial charge in [0.05, 0.1) is 5.54 Å². The summed E-state index contributed by atoms with van der Waals surface area (Å²) in [6.45, 7) is 3.09. The zero-order valence-corrected chi connectivity index (χ0v) is 10.3. The Hall–Kier alpha value is -0.570. The lowest BCUT2D eigenvalue weighted by atomic mass is 9.88. The van der Waals surface area contributed by atoms with E-state index in [1.807, 2.05) is 0 Å². The summed E-state index contributed by atoms with van der Waals surface area (Å²) in [5.74, 6) is 0.0816. The van der Waals surface area contributed by atoms with Gasteiger partial charge >= 0.3 is 0 Å². The Kier molecular flexibility index (Phi) is 3.24. The van der Waals surface area contributed by atoms with Crippen molar-refractivity contribution in [3.8, 4) is 0 Å². The van der Waals surface area contributed by atoms with Gasteiger partial charge < -0.3 is 11.1 Å².